The summed E-state index contributed by atoms with van der Waals surface area (Å²) in [5.41, 5.74) is 2.36. The van der Waals surface area contributed by atoms with Gasteiger partial charge >= 0.3 is 0 Å². The van der Waals surface area contributed by atoms with Gasteiger partial charge in [0.2, 0.25) is 5.82 Å². The molecule has 0 aliphatic rings. The van der Waals surface area contributed by atoms with E-state index in [4.69, 9.17) is 9.84 Å². The first-order valence-corrected chi connectivity index (χ1v) is 10.5. The molecule has 5 rings (SSSR count). The van der Waals surface area contributed by atoms with E-state index in [0.717, 1.165) is 22.4 Å². The zero-order valence-electron chi connectivity index (χ0n) is 17.5. The summed E-state index contributed by atoms with van der Waals surface area (Å²) in [6, 6.07) is 40.5. The van der Waals surface area contributed by atoms with Gasteiger partial charge in [-0.05, 0) is 34.0 Å². The molecule has 0 N–H and O–H groups in total. The predicted octanol–water partition coefficient (Wildman–Crippen LogP) is 5.09. The second-order valence-corrected chi connectivity index (χ2v) is 7.41. The van der Waals surface area contributed by atoms with E-state index in [1.807, 2.05) is 84.9 Å². The van der Waals surface area contributed by atoms with Gasteiger partial charge in [0.1, 0.15) is 5.75 Å². The molecule has 1 aromatic heterocycles. The zero-order valence-corrected chi connectivity index (χ0v) is 17.5. The lowest BCUT2D eigenvalue weighted by atomic mass is 9.77. The Balaban J connectivity index is 1.65. The van der Waals surface area contributed by atoms with Crippen LogP contribution in [0.15, 0.2) is 121 Å². The minimum absolute atomic E-state index is 0.235. The maximum Gasteiger partial charge on any atom is 0.212 e. The molecular weight excluding hydrogens is 396 g/mol. The van der Waals surface area contributed by atoms with Crippen molar-refractivity contribution in [3.8, 4) is 5.75 Å². The van der Waals surface area contributed by atoms with Gasteiger partial charge in [-0.25, -0.2) is 0 Å². The van der Waals surface area contributed by atoms with Crippen LogP contribution in [0.4, 0.5) is 0 Å². The second kappa shape index (κ2) is 8.86. The van der Waals surface area contributed by atoms with Crippen LogP contribution in [0, 0.1) is 0 Å². The Bertz CT molecular complexity index is 1160. The van der Waals surface area contributed by atoms with Gasteiger partial charge in [0, 0.05) is 0 Å². The summed E-state index contributed by atoms with van der Waals surface area (Å²) in [6.45, 7) is 0.235. The molecular formula is C27H22N4O. The highest BCUT2D eigenvalue weighted by Crippen LogP contribution is 2.39. The Kier molecular flexibility index (Phi) is 5.45. The Morgan fingerprint density at radius 2 is 1.03 bits per heavy atom. The topological polar surface area (TPSA) is 52.8 Å². The van der Waals surface area contributed by atoms with Gasteiger partial charge in [-0.3, -0.25) is 0 Å². The fraction of sp³-hybridized carbons (Fsp3) is 0.0741. The van der Waals surface area contributed by atoms with Crippen molar-refractivity contribution in [1.29, 1.82) is 0 Å². The molecule has 0 atom stereocenters. The van der Waals surface area contributed by atoms with E-state index in [9.17, 15) is 0 Å². The molecule has 0 saturated heterocycles. The van der Waals surface area contributed by atoms with Crippen molar-refractivity contribution in [1.82, 2.24) is 20.2 Å². The monoisotopic (exact) mass is 418 g/mol. The van der Waals surface area contributed by atoms with E-state index < -0.39 is 5.54 Å². The van der Waals surface area contributed by atoms with E-state index in [-0.39, 0.29) is 6.61 Å². The molecule has 1 heterocycles. The third kappa shape index (κ3) is 3.65. The van der Waals surface area contributed by atoms with Gasteiger partial charge in [0.15, 0.2) is 12.1 Å². The second-order valence-electron chi connectivity index (χ2n) is 7.41. The molecule has 0 saturated carbocycles. The summed E-state index contributed by atoms with van der Waals surface area (Å²) in [7, 11) is 0. The Labute approximate surface area is 186 Å². The van der Waals surface area contributed by atoms with Crippen LogP contribution in [0.3, 0.4) is 0 Å². The van der Waals surface area contributed by atoms with Crippen LogP contribution in [-0.4, -0.2) is 20.2 Å². The van der Waals surface area contributed by atoms with Crippen molar-refractivity contribution >= 4 is 0 Å². The fourth-order valence-electron chi connectivity index (χ4n) is 3.99. The first kappa shape index (κ1) is 19.7. The first-order chi connectivity index (χ1) is 15.9. The molecule has 0 amide bonds. The molecule has 5 heteroatoms. The summed E-state index contributed by atoms with van der Waals surface area (Å²) < 4.78 is 5.86. The standard InChI is InChI=1S/C27H22N4O/c1-5-13-22(14-6-1)27(23-15-7-2-8-16-23,24-17-9-3-10-18-24)31-29-26(28-30-31)21-32-25-19-11-4-12-20-25/h1-20H,21H2. The number of tetrazole rings is 1. The number of ether oxygens (including phenoxy) is 1. The van der Waals surface area contributed by atoms with Crippen LogP contribution in [-0.2, 0) is 12.1 Å². The van der Waals surface area contributed by atoms with E-state index >= 15 is 0 Å². The minimum Gasteiger partial charge on any atom is -0.485 e. The van der Waals surface area contributed by atoms with Crippen LogP contribution in [0.5, 0.6) is 5.75 Å². The molecule has 5 nitrogen and oxygen atoms in total. The average Bonchev–Trinajstić information content (AvgIpc) is 3.35. The third-order valence-corrected chi connectivity index (χ3v) is 5.44. The molecule has 5 aromatic rings. The van der Waals surface area contributed by atoms with Gasteiger partial charge in [0.05, 0.1) is 0 Å². The molecule has 0 aliphatic carbocycles. The Morgan fingerprint density at radius 1 is 0.594 bits per heavy atom. The quantitative estimate of drug-likeness (QED) is 0.345. The molecule has 0 unspecified atom stereocenters. The maximum absolute atomic E-state index is 5.86. The zero-order chi connectivity index (χ0) is 21.6. The fourth-order valence-corrected chi connectivity index (χ4v) is 3.99. The van der Waals surface area contributed by atoms with Gasteiger partial charge in [-0.2, -0.15) is 0 Å². The molecule has 0 fully saturated rings. The summed E-state index contributed by atoms with van der Waals surface area (Å²) >= 11 is 0. The SMILES string of the molecule is c1ccc(OCc2nnn(C(c3ccccc3)(c3ccccc3)c3ccccc3)n2)cc1. The molecule has 0 spiro atoms. The number of para-hydroxylation sites is 1. The number of nitrogens with zero attached hydrogens (tertiary/aromatic N) is 4. The van der Waals surface area contributed by atoms with E-state index in [1.165, 1.54) is 0 Å². The van der Waals surface area contributed by atoms with Crippen molar-refractivity contribution in [2.24, 2.45) is 0 Å². The normalized spacial score (nSPS) is 11.2. The van der Waals surface area contributed by atoms with E-state index in [0.29, 0.717) is 5.82 Å². The van der Waals surface area contributed by atoms with Crippen molar-refractivity contribution < 1.29 is 4.74 Å². The van der Waals surface area contributed by atoms with Crippen LogP contribution >= 0.6 is 0 Å². The largest absolute Gasteiger partial charge is 0.485 e. The number of rotatable bonds is 7. The number of benzene rings is 4. The number of hydrogen-bond donors (Lipinski definition) is 0. The van der Waals surface area contributed by atoms with E-state index in [2.05, 4.69) is 46.7 Å². The van der Waals surface area contributed by atoms with Crippen LogP contribution in [0.2, 0.25) is 0 Å². The summed E-state index contributed by atoms with van der Waals surface area (Å²) in [5.74, 6) is 1.28. The van der Waals surface area contributed by atoms with Gasteiger partial charge in [0.25, 0.3) is 0 Å². The van der Waals surface area contributed by atoms with Crippen LogP contribution in [0.1, 0.15) is 22.5 Å². The van der Waals surface area contributed by atoms with Gasteiger partial charge in [-0.1, -0.05) is 109 Å². The lowest BCUT2D eigenvalue weighted by Crippen LogP contribution is -2.39. The third-order valence-electron chi connectivity index (χ3n) is 5.44. The Hall–Kier alpha value is -4.25. The smallest absolute Gasteiger partial charge is 0.212 e. The van der Waals surface area contributed by atoms with Gasteiger partial charge in [-0.15, -0.1) is 15.0 Å². The highest BCUT2D eigenvalue weighted by atomic mass is 16.5. The minimum atomic E-state index is -0.776. The molecule has 156 valence electrons. The van der Waals surface area contributed by atoms with Crippen molar-refractivity contribution in [2.75, 3.05) is 0 Å². The molecule has 4 aromatic carbocycles. The van der Waals surface area contributed by atoms with E-state index in [1.54, 1.807) is 4.80 Å². The van der Waals surface area contributed by atoms with Gasteiger partial charge < -0.3 is 4.74 Å². The average molecular weight is 419 g/mol. The van der Waals surface area contributed by atoms with Crippen molar-refractivity contribution in [3.63, 3.8) is 0 Å². The summed E-state index contributed by atoms with van der Waals surface area (Å²) in [6.07, 6.45) is 0. The Morgan fingerprint density at radius 3 is 1.50 bits per heavy atom. The summed E-state index contributed by atoms with van der Waals surface area (Å²) in [5, 5.41) is 13.7. The molecule has 0 radical (unpaired) electrons. The van der Waals surface area contributed by atoms with Crippen molar-refractivity contribution in [2.45, 2.75) is 12.1 Å². The van der Waals surface area contributed by atoms with Crippen molar-refractivity contribution in [3.05, 3.63) is 144 Å². The highest BCUT2D eigenvalue weighted by molar-refractivity contribution is 5.49. The number of hydrogen-bond acceptors (Lipinski definition) is 4. The maximum atomic E-state index is 5.86. The molecule has 0 bridgehead atoms. The predicted molar refractivity (Wildman–Crippen MR) is 123 cm³/mol. The highest BCUT2D eigenvalue weighted by Gasteiger charge is 2.41. The molecule has 32 heavy (non-hydrogen) atoms. The molecule has 0 aliphatic heterocycles. The lowest BCUT2D eigenvalue weighted by molar-refractivity contribution is 0.293. The van der Waals surface area contributed by atoms with Crippen LogP contribution < -0.4 is 4.74 Å². The first-order valence-electron chi connectivity index (χ1n) is 10.5. The van der Waals surface area contributed by atoms with Crippen LogP contribution in [0.25, 0.3) is 0 Å². The summed E-state index contributed by atoms with van der Waals surface area (Å²) in [4.78, 5) is 1.71. The number of aromatic nitrogens is 4. The lowest BCUT2D eigenvalue weighted by Gasteiger charge is -2.34.